The topological polar surface area (TPSA) is 66.5 Å². The first-order chi connectivity index (χ1) is 13.4. The molecule has 8 heteroatoms. The van der Waals surface area contributed by atoms with Crippen molar-refractivity contribution >= 4 is 45.0 Å². The normalized spacial score (nSPS) is 15.3. The Morgan fingerprint density at radius 3 is 2.50 bits per heavy atom. The van der Waals surface area contributed by atoms with Crippen molar-refractivity contribution in [3.05, 3.63) is 59.1 Å². The highest BCUT2D eigenvalue weighted by Crippen LogP contribution is 2.23. The van der Waals surface area contributed by atoms with E-state index < -0.39 is 10.0 Å². The maximum Gasteiger partial charge on any atom is 0.243 e. The Balaban J connectivity index is 1.56. The van der Waals surface area contributed by atoms with Crippen LogP contribution in [0.2, 0.25) is 5.02 Å². The Kier molecular flexibility index (Phi) is 7.40. The van der Waals surface area contributed by atoms with Gasteiger partial charge in [0.05, 0.1) is 10.6 Å². The van der Waals surface area contributed by atoms with Gasteiger partial charge in [0.1, 0.15) is 0 Å². The molecule has 0 spiro atoms. The molecule has 1 amide bonds. The predicted octanol–water partition coefficient (Wildman–Crippen LogP) is 4.39. The molecule has 1 heterocycles. The maximum absolute atomic E-state index is 12.8. The number of hydrogen-bond acceptors (Lipinski definition) is 4. The van der Waals surface area contributed by atoms with Crippen LogP contribution in [-0.2, 0) is 20.6 Å². The zero-order valence-corrected chi connectivity index (χ0v) is 17.8. The van der Waals surface area contributed by atoms with Crippen LogP contribution in [0.4, 0.5) is 5.69 Å². The van der Waals surface area contributed by atoms with Crippen LogP contribution in [0.15, 0.2) is 53.4 Å². The fourth-order valence-electron chi connectivity index (χ4n) is 3.03. The van der Waals surface area contributed by atoms with E-state index in [-0.39, 0.29) is 16.6 Å². The molecule has 0 aromatic heterocycles. The monoisotopic (exact) mass is 438 g/mol. The van der Waals surface area contributed by atoms with Crippen LogP contribution < -0.4 is 5.32 Å². The molecule has 28 heavy (non-hydrogen) atoms. The van der Waals surface area contributed by atoms with E-state index in [1.165, 1.54) is 22.1 Å². The first kappa shape index (κ1) is 21.2. The van der Waals surface area contributed by atoms with Crippen LogP contribution in [0.1, 0.15) is 24.8 Å². The lowest BCUT2D eigenvalue weighted by molar-refractivity contribution is -0.113. The van der Waals surface area contributed by atoms with E-state index in [4.69, 9.17) is 11.6 Å². The summed E-state index contributed by atoms with van der Waals surface area (Å²) in [7, 11) is -3.51. The lowest BCUT2D eigenvalue weighted by Gasteiger charge is -2.26. The van der Waals surface area contributed by atoms with Gasteiger partial charge in [-0.05, 0) is 48.7 Å². The van der Waals surface area contributed by atoms with Crippen LogP contribution in [0.3, 0.4) is 0 Å². The summed E-state index contributed by atoms with van der Waals surface area (Å²) in [5, 5.41) is 3.47. The van der Waals surface area contributed by atoms with Gasteiger partial charge in [-0.3, -0.25) is 4.79 Å². The first-order valence-electron chi connectivity index (χ1n) is 9.17. The molecule has 2 aromatic carbocycles. The standard InChI is InChI=1S/C20H23ClN2O3S2/c21-17-9-7-16(8-10-17)14-27-15-20(24)22-18-5-4-6-19(13-18)28(25,26)23-11-2-1-3-12-23/h4-10,13H,1-3,11-12,14-15H2,(H,22,24). The number of nitrogens with one attached hydrogen (secondary N) is 1. The third-order valence-electron chi connectivity index (χ3n) is 4.49. The number of piperidine rings is 1. The number of amides is 1. The summed E-state index contributed by atoms with van der Waals surface area (Å²) < 4.78 is 27.1. The summed E-state index contributed by atoms with van der Waals surface area (Å²) in [4.78, 5) is 12.4. The number of rotatable bonds is 7. The van der Waals surface area contributed by atoms with Crippen LogP contribution in [0.25, 0.3) is 0 Å². The van der Waals surface area contributed by atoms with E-state index in [1.807, 2.05) is 24.3 Å². The number of carbonyl (C=O) groups excluding carboxylic acids is 1. The van der Waals surface area contributed by atoms with Crippen molar-refractivity contribution in [2.45, 2.75) is 29.9 Å². The van der Waals surface area contributed by atoms with Gasteiger partial charge in [-0.15, -0.1) is 11.8 Å². The van der Waals surface area contributed by atoms with Gasteiger partial charge < -0.3 is 5.32 Å². The minimum absolute atomic E-state index is 0.161. The maximum atomic E-state index is 12.8. The second-order valence-corrected chi connectivity index (χ2v) is 10.0. The highest BCUT2D eigenvalue weighted by Gasteiger charge is 2.26. The largest absolute Gasteiger partial charge is 0.325 e. The molecule has 0 bridgehead atoms. The van der Waals surface area contributed by atoms with Crippen LogP contribution in [0.5, 0.6) is 0 Å². The summed E-state index contributed by atoms with van der Waals surface area (Å²) in [5.41, 5.74) is 1.59. The molecule has 1 saturated heterocycles. The van der Waals surface area contributed by atoms with Crippen LogP contribution in [-0.4, -0.2) is 37.5 Å². The lowest BCUT2D eigenvalue weighted by atomic mass is 10.2. The van der Waals surface area contributed by atoms with E-state index in [0.717, 1.165) is 24.8 Å². The van der Waals surface area contributed by atoms with Gasteiger partial charge >= 0.3 is 0 Å². The van der Waals surface area contributed by atoms with Gasteiger partial charge in [-0.25, -0.2) is 8.42 Å². The molecule has 0 saturated carbocycles. The number of benzene rings is 2. The molecule has 1 N–H and O–H groups in total. The van der Waals surface area contributed by atoms with Crippen molar-refractivity contribution in [1.29, 1.82) is 0 Å². The fraction of sp³-hybridized carbons (Fsp3) is 0.350. The Labute approximate surface area is 175 Å². The van der Waals surface area contributed by atoms with E-state index in [1.54, 1.807) is 18.2 Å². The van der Waals surface area contributed by atoms with Crippen molar-refractivity contribution in [2.24, 2.45) is 0 Å². The molecule has 2 aromatic rings. The average molecular weight is 439 g/mol. The summed E-state index contributed by atoms with van der Waals surface area (Å²) in [6.45, 7) is 1.11. The second kappa shape index (κ2) is 9.78. The molecule has 0 aliphatic carbocycles. The second-order valence-electron chi connectivity index (χ2n) is 6.66. The van der Waals surface area contributed by atoms with Crippen LogP contribution in [0, 0.1) is 0 Å². The van der Waals surface area contributed by atoms with Crippen molar-refractivity contribution in [3.8, 4) is 0 Å². The third-order valence-corrected chi connectivity index (χ3v) is 7.64. The number of thioether (sulfide) groups is 1. The molecule has 0 atom stereocenters. The van der Waals surface area contributed by atoms with Crippen molar-refractivity contribution < 1.29 is 13.2 Å². The smallest absolute Gasteiger partial charge is 0.243 e. The highest BCUT2D eigenvalue weighted by molar-refractivity contribution is 7.99. The number of halogens is 1. The highest BCUT2D eigenvalue weighted by atomic mass is 35.5. The molecule has 1 aliphatic heterocycles. The van der Waals surface area contributed by atoms with Gasteiger partial charge in [0, 0.05) is 29.6 Å². The Bertz CT molecular complexity index is 911. The molecule has 5 nitrogen and oxygen atoms in total. The van der Waals surface area contributed by atoms with E-state index in [2.05, 4.69) is 5.32 Å². The van der Waals surface area contributed by atoms with Crippen molar-refractivity contribution in [3.63, 3.8) is 0 Å². The van der Waals surface area contributed by atoms with Gasteiger partial charge in [-0.1, -0.05) is 36.2 Å². The Morgan fingerprint density at radius 2 is 1.79 bits per heavy atom. The van der Waals surface area contributed by atoms with Crippen molar-refractivity contribution in [1.82, 2.24) is 4.31 Å². The number of sulfonamides is 1. The summed E-state index contributed by atoms with van der Waals surface area (Å²) in [6, 6.07) is 14.0. The molecule has 0 radical (unpaired) electrons. The van der Waals surface area contributed by atoms with Gasteiger partial charge in [0.2, 0.25) is 15.9 Å². The van der Waals surface area contributed by atoms with Crippen molar-refractivity contribution in [2.75, 3.05) is 24.2 Å². The van der Waals surface area contributed by atoms with E-state index in [9.17, 15) is 13.2 Å². The summed E-state index contributed by atoms with van der Waals surface area (Å²) in [5.74, 6) is 0.825. The predicted molar refractivity (Wildman–Crippen MR) is 115 cm³/mol. The number of carbonyl (C=O) groups is 1. The molecule has 3 rings (SSSR count). The number of anilines is 1. The van der Waals surface area contributed by atoms with Crippen LogP contribution >= 0.6 is 23.4 Å². The lowest BCUT2D eigenvalue weighted by Crippen LogP contribution is -2.35. The van der Waals surface area contributed by atoms with E-state index >= 15 is 0 Å². The number of hydrogen-bond donors (Lipinski definition) is 1. The minimum Gasteiger partial charge on any atom is -0.325 e. The first-order valence-corrected chi connectivity index (χ1v) is 12.1. The van der Waals surface area contributed by atoms with Gasteiger partial charge in [0.25, 0.3) is 0 Å². The minimum atomic E-state index is -3.51. The van der Waals surface area contributed by atoms with E-state index in [0.29, 0.717) is 29.6 Å². The summed E-state index contributed by atoms with van der Waals surface area (Å²) >= 11 is 7.35. The molecular formula is C20H23ClN2O3S2. The molecule has 0 unspecified atom stereocenters. The number of nitrogens with zero attached hydrogens (tertiary/aromatic N) is 1. The quantitative estimate of drug-likeness (QED) is 0.696. The molecule has 150 valence electrons. The Hall–Kier alpha value is -1.54. The zero-order valence-electron chi connectivity index (χ0n) is 15.4. The SMILES string of the molecule is O=C(CSCc1ccc(Cl)cc1)Nc1cccc(S(=O)(=O)N2CCCCC2)c1. The Morgan fingerprint density at radius 1 is 1.07 bits per heavy atom. The molecule has 1 fully saturated rings. The molecule has 1 aliphatic rings. The van der Waals surface area contributed by atoms with Gasteiger partial charge in [-0.2, -0.15) is 4.31 Å². The van der Waals surface area contributed by atoms with Gasteiger partial charge in [0.15, 0.2) is 0 Å². The third kappa shape index (κ3) is 5.73. The zero-order chi connectivity index (χ0) is 20.0. The fourth-order valence-corrected chi connectivity index (χ4v) is 5.51. The summed E-state index contributed by atoms with van der Waals surface area (Å²) in [6.07, 6.45) is 2.84. The average Bonchev–Trinajstić information content (AvgIpc) is 2.70. The molecular weight excluding hydrogens is 416 g/mol.